The molecule has 1 aromatic rings. The molecular formula is C16H27N3O. The Morgan fingerprint density at radius 1 is 1.40 bits per heavy atom. The standard InChI is InChI=1S/C16H27N3O/c1-5-13-7-6-8-14(9-13)18-11(3)15-10(2)17-12(4)19-16(15)20/h11,13-14,18H,5-9H2,1-4H3,(H,17,19,20). The van der Waals surface area contributed by atoms with E-state index in [1.807, 2.05) is 13.8 Å². The zero-order valence-electron chi connectivity index (χ0n) is 13.1. The summed E-state index contributed by atoms with van der Waals surface area (Å²) < 4.78 is 0. The molecule has 2 N–H and O–H groups in total. The Kier molecular flexibility index (Phi) is 4.97. The van der Waals surface area contributed by atoms with Gasteiger partial charge in [-0.1, -0.05) is 26.2 Å². The molecule has 0 aromatic carbocycles. The van der Waals surface area contributed by atoms with Crippen LogP contribution in [0.1, 0.15) is 69.1 Å². The average Bonchev–Trinajstić information content (AvgIpc) is 2.37. The van der Waals surface area contributed by atoms with Gasteiger partial charge in [-0.2, -0.15) is 0 Å². The minimum absolute atomic E-state index is 0.00199. The third-order valence-electron chi connectivity index (χ3n) is 4.54. The number of aromatic nitrogens is 2. The van der Waals surface area contributed by atoms with Crippen molar-refractivity contribution in [2.45, 2.75) is 71.9 Å². The van der Waals surface area contributed by atoms with Gasteiger partial charge in [-0.25, -0.2) is 4.98 Å². The molecule has 4 nitrogen and oxygen atoms in total. The highest BCUT2D eigenvalue weighted by Crippen LogP contribution is 2.28. The Morgan fingerprint density at radius 3 is 2.80 bits per heavy atom. The monoisotopic (exact) mass is 277 g/mol. The first-order valence-corrected chi connectivity index (χ1v) is 7.84. The molecule has 0 radical (unpaired) electrons. The fourth-order valence-electron chi connectivity index (χ4n) is 3.50. The predicted molar refractivity (Wildman–Crippen MR) is 81.9 cm³/mol. The summed E-state index contributed by atoms with van der Waals surface area (Å²) in [7, 11) is 0. The highest BCUT2D eigenvalue weighted by atomic mass is 16.1. The van der Waals surface area contributed by atoms with Crippen LogP contribution in [-0.4, -0.2) is 16.0 Å². The second kappa shape index (κ2) is 6.53. The van der Waals surface area contributed by atoms with Crippen molar-refractivity contribution in [3.8, 4) is 0 Å². The van der Waals surface area contributed by atoms with Crippen molar-refractivity contribution in [3.05, 3.63) is 27.4 Å². The van der Waals surface area contributed by atoms with E-state index in [9.17, 15) is 4.79 Å². The summed E-state index contributed by atoms with van der Waals surface area (Å²) in [5.41, 5.74) is 1.63. The Balaban J connectivity index is 2.08. The van der Waals surface area contributed by atoms with E-state index in [1.54, 1.807) is 0 Å². The molecule has 4 heteroatoms. The summed E-state index contributed by atoms with van der Waals surface area (Å²) in [6, 6.07) is 0.594. The summed E-state index contributed by atoms with van der Waals surface area (Å²) in [6.07, 6.45) is 6.37. The Morgan fingerprint density at radius 2 is 2.15 bits per heavy atom. The quantitative estimate of drug-likeness (QED) is 0.889. The van der Waals surface area contributed by atoms with Gasteiger partial charge in [-0.3, -0.25) is 4.79 Å². The third kappa shape index (κ3) is 3.48. The lowest BCUT2D eigenvalue weighted by Gasteiger charge is -2.31. The predicted octanol–water partition coefficient (Wildman–Crippen LogP) is 3.01. The minimum atomic E-state index is -0.00199. The van der Waals surface area contributed by atoms with Crippen molar-refractivity contribution in [3.63, 3.8) is 0 Å². The molecule has 1 aliphatic carbocycles. The molecular weight excluding hydrogens is 250 g/mol. The maximum Gasteiger partial charge on any atom is 0.255 e. The Labute approximate surface area is 121 Å². The summed E-state index contributed by atoms with van der Waals surface area (Å²) >= 11 is 0. The Hall–Kier alpha value is -1.16. The summed E-state index contributed by atoms with van der Waals surface area (Å²) in [6.45, 7) is 8.09. The molecule has 1 aliphatic rings. The molecule has 0 saturated heterocycles. The number of H-pyrrole nitrogens is 1. The lowest BCUT2D eigenvalue weighted by molar-refractivity contribution is 0.265. The van der Waals surface area contributed by atoms with Crippen molar-refractivity contribution in [1.29, 1.82) is 0 Å². The molecule has 0 spiro atoms. The molecule has 1 heterocycles. The van der Waals surface area contributed by atoms with Gasteiger partial charge in [0.05, 0.1) is 5.56 Å². The highest BCUT2D eigenvalue weighted by molar-refractivity contribution is 5.20. The van der Waals surface area contributed by atoms with Gasteiger partial charge in [0, 0.05) is 17.8 Å². The first-order chi connectivity index (χ1) is 9.51. The van der Waals surface area contributed by atoms with E-state index >= 15 is 0 Å². The number of aromatic amines is 1. The van der Waals surface area contributed by atoms with Gasteiger partial charge in [0.1, 0.15) is 5.82 Å². The second-order valence-corrected chi connectivity index (χ2v) is 6.18. The molecule has 3 unspecified atom stereocenters. The molecule has 20 heavy (non-hydrogen) atoms. The van der Waals surface area contributed by atoms with Crippen molar-refractivity contribution in [1.82, 2.24) is 15.3 Å². The van der Waals surface area contributed by atoms with E-state index in [2.05, 4.69) is 29.1 Å². The van der Waals surface area contributed by atoms with Gasteiger partial charge in [-0.05, 0) is 39.5 Å². The SMILES string of the molecule is CCC1CCCC(NC(C)c2c(C)nc(C)[nH]c2=O)C1. The number of aryl methyl sites for hydroxylation is 2. The van der Waals surface area contributed by atoms with Gasteiger partial charge in [0.15, 0.2) is 0 Å². The first kappa shape index (κ1) is 15.2. The van der Waals surface area contributed by atoms with Crippen LogP contribution >= 0.6 is 0 Å². The normalized spacial score (nSPS) is 24.6. The van der Waals surface area contributed by atoms with Gasteiger partial charge < -0.3 is 10.3 Å². The highest BCUT2D eigenvalue weighted by Gasteiger charge is 2.23. The second-order valence-electron chi connectivity index (χ2n) is 6.18. The van der Waals surface area contributed by atoms with Crippen LogP contribution in [0.3, 0.4) is 0 Å². The van der Waals surface area contributed by atoms with Gasteiger partial charge in [0.25, 0.3) is 5.56 Å². The molecule has 1 saturated carbocycles. The topological polar surface area (TPSA) is 57.8 Å². The summed E-state index contributed by atoms with van der Waals surface area (Å²) in [5, 5.41) is 3.64. The van der Waals surface area contributed by atoms with Gasteiger partial charge in [0.2, 0.25) is 0 Å². The lowest BCUT2D eigenvalue weighted by Crippen LogP contribution is -2.38. The number of nitrogens with zero attached hydrogens (tertiary/aromatic N) is 1. The van der Waals surface area contributed by atoms with Crippen molar-refractivity contribution >= 4 is 0 Å². The summed E-state index contributed by atoms with van der Waals surface area (Å²) in [4.78, 5) is 19.3. The van der Waals surface area contributed by atoms with Crippen LogP contribution in [0.4, 0.5) is 0 Å². The van der Waals surface area contributed by atoms with Crippen LogP contribution in [-0.2, 0) is 0 Å². The molecule has 2 rings (SSSR count). The van der Waals surface area contributed by atoms with Crippen LogP contribution in [0.2, 0.25) is 0 Å². The van der Waals surface area contributed by atoms with Crippen LogP contribution < -0.4 is 10.9 Å². The molecule has 0 amide bonds. The van der Waals surface area contributed by atoms with E-state index in [4.69, 9.17) is 0 Å². The fraction of sp³-hybridized carbons (Fsp3) is 0.750. The van der Waals surface area contributed by atoms with E-state index in [-0.39, 0.29) is 11.6 Å². The zero-order chi connectivity index (χ0) is 14.7. The van der Waals surface area contributed by atoms with Gasteiger partial charge in [-0.15, -0.1) is 0 Å². The smallest absolute Gasteiger partial charge is 0.255 e. The van der Waals surface area contributed by atoms with Crippen molar-refractivity contribution in [2.75, 3.05) is 0 Å². The maximum absolute atomic E-state index is 12.1. The van der Waals surface area contributed by atoms with Gasteiger partial charge >= 0.3 is 0 Å². The molecule has 112 valence electrons. The molecule has 0 bridgehead atoms. The average molecular weight is 277 g/mol. The number of hydrogen-bond acceptors (Lipinski definition) is 3. The van der Waals surface area contributed by atoms with Crippen LogP contribution in [0.15, 0.2) is 4.79 Å². The maximum atomic E-state index is 12.1. The van der Waals surface area contributed by atoms with Crippen LogP contribution in [0.5, 0.6) is 0 Å². The van der Waals surface area contributed by atoms with Crippen molar-refractivity contribution in [2.24, 2.45) is 5.92 Å². The van der Waals surface area contributed by atoms with E-state index < -0.39 is 0 Å². The molecule has 1 aromatic heterocycles. The molecule has 3 atom stereocenters. The Bertz CT molecular complexity index is 509. The zero-order valence-corrected chi connectivity index (χ0v) is 13.1. The molecule has 0 aliphatic heterocycles. The first-order valence-electron chi connectivity index (χ1n) is 7.84. The van der Waals surface area contributed by atoms with E-state index in [0.717, 1.165) is 17.2 Å². The van der Waals surface area contributed by atoms with E-state index in [0.29, 0.717) is 11.9 Å². The molecule has 1 fully saturated rings. The van der Waals surface area contributed by atoms with Crippen LogP contribution in [0.25, 0.3) is 0 Å². The van der Waals surface area contributed by atoms with Crippen molar-refractivity contribution < 1.29 is 0 Å². The number of nitrogens with one attached hydrogen (secondary N) is 2. The lowest BCUT2D eigenvalue weighted by atomic mass is 9.84. The third-order valence-corrected chi connectivity index (χ3v) is 4.54. The fourth-order valence-corrected chi connectivity index (χ4v) is 3.50. The largest absolute Gasteiger partial charge is 0.310 e. The minimum Gasteiger partial charge on any atom is -0.310 e. The number of rotatable bonds is 4. The van der Waals surface area contributed by atoms with Crippen LogP contribution in [0, 0.1) is 19.8 Å². The van der Waals surface area contributed by atoms with E-state index in [1.165, 1.54) is 32.1 Å². The summed E-state index contributed by atoms with van der Waals surface area (Å²) in [5.74, 6) is 1.52. The number of hydrogen-bond donors (Lipinski definition) is 2.